The van der Waals surface area contributed by atoms with E-state index in [2.05, 4.69) is 21.2 Å². The molecule has 1 saturated heterocycles. The van der Waals surface area contributed by atoms with E-state index < -0.39 is 0 Å². The number of hydrogen-bond donors (Lipinski definition) is 1. The third kappa shape index (κ3) is 3.39. The summed E-state index contributed by atoms with van der Waals surface area (Å²) in [5, 5.41) is 4.17. The van der Waals surface area contributed by atoms with Gasteiger partial charge in [0.15, 0.2) is 0 Å². The molecule has 2 rings (SSSR count). The first-order valence-corrected chi connectivity index (χ1v) is 7.20. The molecule has 1 aromatic carbocycles. The summed E-state index contributed by atoms with van der Waals surface area (Å²) in [4.78, 5) is 13.1. The van der Waals surface area contributed by atoms with Gasteiger partial charge in [-0.25, -0.2) is 0 Å². The maximum Gasteiger partial charge on any atom is 0.219 e. The van der Waals surface area contributed by atoms with E-state index in [1.165, 1.54) is 0 Å². The quantitative estimate of drug-likeness (QED) is 0.899. The summed E-state index contributed by atoms with van der Waals surface area (Å²) in [5.74, 6) is 0.162. The van der Waals surface area contributed by atoms with Crippen molar-refractivity contribution in [2.75, 3.05) is 18.4 Å². The van der Waals surface area contributed by atoms with Crippen LogP contribution in [0.25, 0.3) is 0 Å². The third-order valence-corrected chi connectivity index (χ3v) is 4.04. The van der Waals surface area contributed by atoms with E-state index in [4.69, 9.17) is 11.6 Å². The van der Waals surface area contributed by atoms with E-state index in [0.29, 0.717) is 6.04 Å². The Bertz CT molecular complexity index is 445. The molecule has 0 unspecified atom stereocenters. The Labute approximate surface area is 121 Å². The first kappa shape index (κ1) is 13.7. The van der Waals surface area contributed by atoms with E-state index in [0.717, 1.165) is 41.1 Å². The SMILES string of the molecule is CC(=O)N1CCC(Nc2ccc(Br)cc2Cl)CC1. The minimum atomic E-state index is 0.162. The molecule has 1 heterocycles. The van der Waals surface area contributed by atoms with Gasteiger partial charge in [-0.05, 0) is 31.0 Å². The van der Waals surface area contributed by atoms with Crippen LogP contribution >= 0.6 is 27.5 Å². The highest BCUT2D eigenvalue weighted by Crippen LogP contribution is 2.27. The standard InChI is InChI=1S/C13H16BrClN2O/c1-9(18)17-6-4-11(5-7-17)16-13-3-2-10(14)8-12(13)15/h2-3,8,11,16H,4-7H2,1H3. The van der Waals surface area contributed by atoms with Crippen LogP contribution in [0.4, 0.5) is 5.69 Å². The van der Waals surface area contributed by atoms with Crippen LogP contribution < -0.4 is 5.32 Å². The van der Waals surface area contributed by atoms with Crippen molar-refractivity contribution in [3.63, 3.8) is 0 Å². The van der Waals surface area contributed by atoms with Gasteiger partial charge in [-0.1, -0.05) is 27.5 Å². The Morgan fingerprint density at radius 3 is 2.67 bits per heavy atom. The zero-order valence-electron chi connectivity index (χ0n) is 10.2. The molecule has 1 fully saturated rings. The number of carbonyl (C=O) groups excluding carboxylic acids is 1. The monoisotopic (exact) mass is 330 g/mol. The van der Waals surface area contributed by atoms with Crippen LogP contribution in [0.5, 0.6) is 0 Å². The molecule has 98 valence electrons. The lowest BCUT2D eigenvalue weighted by atomic mass is 10.0. The van der Waals surface area contributed by atoms with Gasteiger partial charge < -0.3 is 10.2 Å². The summed E-state index contributed by atoms with van der Waals surface area (Å²) >= 11 is 9.56. The van der Waals surface area contributed by atoms with Crippen molar-refractivity contribution >= 4 is 39.1 Å². The van der Waals surface area contributed by atoms with Crippen LogP contribution in [0.15, 0.2) is 22.7 Å². The topological polar surface area (TPSA) is 32.3 Å². The maximum absolute atomic E-state index is 11.2. The molecule has 0 saturated carbocycles. The van der Waals surface area contributed by atoms with E-state index in [1.807, 2.05) is 23.1 Å². The molecule has 1 aromatic rings. The summed E-state index contributed by atoms with van der Waals surface area (Å²) in [6.45, 7) is 3.27. The molecule has 0 radical (unpaired) electrons. The number of halogens is 2. The number of nitrogens with one attached hydrogen (secondary N) is 1. The molecule has 1 amide bonds. The fourth-order valence-corrected chi connectivity index (χ4v) is 2.89. The first-order valence-electron chi connectivity index (χ1n) is 6.03. The summed E-state index contributed by atoms with van der Waals surface area (Å²) in [6.07, 6.45) is 1.93. The minimum absolute atomic E-state index is 0.162. The van der Waals surface area contributed by atoms with E-state index >= 15 is 0 Å². The predicted molar refractivity (Wildman–Crippen MR) is 78.1 cm³/mol. The number of amides is 1. The van der Waals surface area contributed by atoms with Crippen LogP contribution in [-0.4, -0.2) is 29.9 Å². The normalized spacial score (nSPS) is 16.7. The van der Waals surface area contributed by atoms with Crippen LogP contribution in [0.1, 0.15) is 19.8 Å². The summed E-state index contributed by atoms with van der Waals surface area (Å²) in [7, 11) is 0. The van der Waals surface area contributed by atoms with Gasteiger partial charge in [-0.3, -0.25) is 4.79 Å². The Morgan fingerprint density at radius 2 is 2.11 bits per heavy atom. The largest absolute Gasteiger partial charge is 0.381 e. The van der Waals surface area contributed by atoms with Crippen molar-refractivity contribution in [2.24, 2.45) is 0 Å². The van der Waals surface area contributed by atoms with E-state index in [-0.39, 0.29) is 5.91 Å². The van der Waals surface area contributed by atoms with Gasteiger partial charge in [-0.15, -0.1) is 0 Å². The molecule has 1 aliphatic heterocycles. The third-order valence-electron chi connectivity index (χ3n) is 3.23. The zero-order valence-corrected chi connectivity index (χ0v) is 12.6. The molecule has 18 heavy (non-hydrogen) atoms. The molecule has 3 nitrogen and oxygen atoms in total. The average Bonchev–Trinajstić information content (AvgIpc) is 2.33. The Balaban J connectivity index is 1.93. The maximum atomic E-state index is 11.2. The van der Waals surface area contributed by atoms with Crippen molar-refractivity contribution in [2.45, 2.75) is 25.8 Å². The molecule has 0 aliphatic carbocycles. The van der Waals surface area contributed by atoms with E-state index in [9.17, 15) is 4.79 Å². The van der Waals surface area contributed by atoms with Crippen LogP contribution in [0, 0.1) is 0 Å². The van der Waals surface area contributed by atoms with E-state index in [1.54, 1.807) is 6.92 Å². The molecule has 0 atom stereocenters. The van der Waals surface area contributed by atoms with Gasteiger partial charge in [0.1, 0.15) is 0 Å². The summed E-state index contributed by atoms with van der Waals surface area (Å²) in [5.41, 5.74) is 0.959. The molecule has 0 spiro atoms. The number of piperidine rings is 1. The molecule has 1 aliphatic rings. The predicted octanol–water partition coefficient (Wildman–Crippen LogP) is 3.53. The lowest BCUT2D eigenvalue weighted by molar-refractivity contribution is -0.129. The van der Waals surface area contributed by atoms with Gasteiger partial charge in [0.05, 0.1) is 10.7 Å². The van der Waals surface area contributed by atoms with Crippen molar-refractivity contribution < 1.29 is 4.79 Å². The van der Waals surface area contributed by atoms with Crippen molar-refractivity contribution in [3.05, 3.63) is 27.7 Å². The average molecular weight is 332 g/mol. The van der Waals surface area contributed by atoms with Gasteiger partial charge in [0.25, 0.3) is 0 Å². The van der Waals surface area contributed by atoms with Crippen LogP contribution in [0.2, 0.25) is 5.02 Å². The second-order valence-electron chi connectivity index (χ2n) is 4.55. The van der Waals surface area contributed by atoms with Gasteiger partial charge in [-0.2, -0.15) is 0 Å². The number of hydrogen-bond acceptors (Lipinski definition) is 2. The highest BCUT2D eigenvalue weighted by atomic mass is 79.9. The lowest BCUT2D eigenvalue weighted by Gasteiger charge is -2.32. The smallest absolute Gasteiger partial charge is 0.219 e. The highest BCUT2D eigenvalue weighted by Gasteiger charge is 2.20. The zero-order chi connectivity index (χ0) is 13.1. The van der Waals surface area contributed by atoms with Crippen molar-refractivity contribution in [3.8, 4) is 0 Å². The molecule has 0 bridgehead atoms. The van der Waals surface area contributed by atoms with Gasteiger partial charge in [0, 0.05) is 30.5 Å². The van der Waals surface area contributed by atoms with Crippen LogP contribution in [0.3, 0.4) is 0 Å². The number of benzene rings is 1. The summed E-state index contributed by atoms with van der Waals surface area (Å²) in [6, 6.07) is 6.22. The minimum Gasteiger partial charge on any atom is -0.381 e. The van der Waals surface area contributed by atoms with Crippen molar-refractivity contribution in [1.82, 2.24) is 4.90 Å². The molecule has 1 N–H and O–H groups in total. The number of likely N-dealkylation sites (tertiary alicyclic amines) is 1. The molecular formula is C13H16BrClN2O. The Morgan fingerprint density at radius 1 is 1.44 bits per heavy atom. The Kier molecular flexibility index (Phi) is 4.51. The number of rotatable bonds is 2. The highest BCUT2D eigenvalue weighted by molar-refractivity contribution is 9.10. The fourth-order valence-electron chi connectivity index (χ4n) is 2.17. The number of carbonyl (C=O) groups is 1. The second-order valence-corrected chi connectivity index (χ2v) is 5.87. The first-order chi connectivity index (χ1) is 8.56. The number of anilines is 1. The molecule has 0 aromatic heterocycles. The fraction of sp³-hybridized carbons (Fsp3) is 0.462. The van der Waals surface area contributed by atoms with Crippen molar-refractivity contribution in [1.29, 1.82) is 0 Å². The Hall–Kier alpha value is -0.740. The molecule has 5 heteroatoms. The molecular weight excluding hydrogens is 316 g/mol. The van der Waals surface area contributed by atoms with Crippen LogP contribution in [-0.2, 0) is 4.79 Å². The van der Waals surface area contributed by atoms with Gasteiger partial charge in [0.2, 0.25) is 5.91 Å². The second kappa shape index (κ2) is 5.93. The number of nitrogens with zero attached hydrogens (tertiary/aromatic N) is 1. The lowest BCUT2D eigenvalue weighted by Crippen LogP contribution is -2.41. The van der Waals surface area contributed by atoms with Gasteiger partial charge >= 0.3 is 0 Å². The summed E-state index contributed by atoms with van der Waals surface area (Å²) < 4.78 is 0.976.